The smallest absolute Gasteiger partial charge is 0.269 e. The second-order valence-electron chi connectivity index (χ2n) is 13.6. The van der Waals surface area contributed by atoms with Crippen molar-refractivity contribution in [3.8, 4) is 0 Å². The molecule has 3 aliphatic heterocycles. The van der Waals surface area contributed by atoms with Crippen molar-refractivity contribution >= 4 is 37.3 Å². The minimum absolute atomic E-state index is 0.0601. The molecule has 15 heteroatoms. The van der Waals surface area contributed by atoms with E-state index in [4.69, 9.17) is 4.74 Å². The predicted molar refractivity (Wildman–Crippen MR) is 178 cm³/mol. The molecule has 0 radical (unpaired) electrons. The highest BCUT2D eigenvalue weighted by Gasteiger charge is 2.66. The third kappa shape index (κ3) is 6.39. The van der Waals surface area contributed by atoms with E-state index in [0.29, 0.717) is 48.6 Å². The van der Waals surface area contributed by atoms with Gasteiger partial charge in [-0.1, -0.05) is 24.3 Å². The van der Waals surface area contributed by atoms with Crippen molar-refractivity contribution in [1.82, 2.24) is 20.3 Å². The van der Waals surface area contributed by atoms with E-state index in [-0.39, 0.29) is 30.7 Å². The first kappa shape index (κ1) is 33.8. The summed E-state index contributed by atoms with van der Waals surface area (Å²) in [5.41, 5.74) is 0.412. The molecule has 2 saturated heterocycles. The molecule has 2 aromatic carbocycles. The number of anilines is 2. The monoisotopic (exact) mass is 679 g/mol. The van der Waals surface area contributed by atoms with Crippen LogP contribution in [0.4, 0.5) is 21.2 Å². The van der Waals surface area contributed by atoms with Gasteiger partial charge in [-0.2, -0.15) is 0 Å². The number of halogens is 1. The highest BCUT2D eigenvalue weighted by atomic mass is 28.4. The Kier molecular flexibility index (Phi) is 9.48. The Morgan fingerprint density at radius 2 is 2.10 bits per heavy atom. The maximum atomic E-state index is 16.2. The van der Waals surface area contributed by atoms with Gasteiger partial charge in [-0.05, 0) is 62.7 Å². The van der Waals surface area contributed by atoms with E-state index in [9.17, 15) is 24.8 Å². The molecule has 256 valence electrons. The van der Waals surface area contributed by atoms with Crippen LogP contribution < -0.4 is 15.5 Å². The number of hydrogen-bond donors (Lipinski definition) is 3. The van der Waals surface area contributed by atoms with Gasteiger partial charge >= 0.3 is 0 Å². The Hall–Kier alpha value is -4.05. The van der Waals surface area contributed by atoms with Crippen molar-refractivity contribution in [3.63, 3.8) is 0 Å². The molecule has 1 unspecified atom stereocenters. The number of aliphatic hydroxyl groups is 1. The number of piperidine rings is 1. The Labute approximate surface area is 279 Å². The Bertz CT molecular complexity index is 1690. The van der Waals surface area contributed by atoms with Gasteiger partial charge in [0.2, 0.25) is 14.3 Å². The van der Waals surface area contributed by atoms with E-state index < -0.39 is 42.4 Å². The number of aliphatic hydroxyl groups excluding tert-OH is 1. The predicted octanol–water partition coefficient (Wildman–Crippen LogP) is 4.07. The molecule has 1 aromatic heterocycles. The third-order valence-corrected chi connectivity index (χ3v) is 12.4. The van der Waals surface area contributed by atoms with Gasteiger partial charge in [0.05, 0.1) is 34.9 Å². The minimum atomic E-state index is -3.46. The zero-order chi connectivity index (χ0) is 34.2. The molecule has 3 aliphatic rings. The summed E-state index contributed by atoms with van der Waals surface area (Å²) in [6.07, 6.45) is 3.51. The van der Waals surface area contributed by atoms with Crippen LogP contribution in [-0.4, -0.2) is 71.0 Å². The summed E-state index contributed by atoms with van der Waals surface area (Å²) >= 11 is 0. The molecule has 5 atom stereocenters. The maximum Gasteiger partial charge on any atom is 0.269 e. The molecule has 0 bridgehead atoms. The van der Waals surface area contributed by atoms with Crippen molar-refractivity contribution in [3.05, 3.63) is 75.6 Å². The number of aromatic nitrogens is 3. The lowest BCUT2D eigenvalue weighted by Crippen LogP contribution is -2.45. The number of nitro groups is 1. The molecular formula is C33H42FN7O6Si. The van der Waals surface area contributed by atoms with E-state index in [1.165, 1.54) is 12.1 Å². The van der Waals surface area contributed by atoms with Crippen molar-refractivity contribution in [1.29, 1.82) is 0 Å². The second-order valence-corrected chi connectivity index (χ2v) is 17.4. The molecule has 0 saturated carbocycles. The van der Waals surface area contributed by atoms with Gasteiger partial charge in [-0.3, -0.25) is 24.4 Å². The van der Waals surface area contributed by atoms with Crippen LogP contribution in [-0.2, 0) is 39.4 Å². The first-order chi connectivity index (χ1) is 22.9. The van der Waals surface area contributed by atoms with Crippen molar-refractivity contribution in [2.75, 3.05) is 29.9 Å². The molecule has 0 aliphatic carbocycles. The summed E-state index contributed by atoms with van der Waals surface area (Å²) < 4.78 is 24.6. The molecule has 2 amide bonds. The largest absolute Gasteiger partial charge is 0.396 e. The lowest BCUT2D eigenvalue weighted by molar-refractivity contribution is -0.385. The van der Waals surface area contributed by atoms with Gasteiger partial charge < -0.3 is 29.5 Å². The lowest BCUT2D eigenvalue weighted by atomic mass is 9.82. The highest BCUT2D eigenvalue weighted by Crippen LogP contribution is 2.60. The number of nitro benzene ring substituents is 1. The van der Waals surface area contributed by atoms with Gasteiger partial charge in [-0.25, -0.2) is 0 Å². The summed E-state index contributed by atoms with van der Waals surface area (Å²) in [5, 5.41) is 35.6. The van der Waals surface area contributed by atoms with Crippen LogP contribution in [0.25, 0.3) is 0 Å². The van der Waals surface area contributed by atoms with Gasteiger partial charge in [0.15, 0.2) is 5.60 Å². The lowest BCUT2D eigenvalue weighted by Gasteiger charge is -2.31. The summed E-state index contributed by atoms with van der Waals surface area (Å²) in [5.74, 6) is -1.21. The number of amides is 2. The van der Waals surface area contributed by atoms with E-state index in [0.717, 1.165) is 24.9 Å². The molecule has 1 spiro atoms. The van der Waals surface area contributed by atoms with Crippen LogP contribution in [0, 0.1) is 22.0 Å². The van der Waals surface area contributed by atoms with Crippen LogP contribution in [0.15, 0.2) is 48.7 Å². The van der Waals surface area contributed by atoms with E-state index in [1.54, 1.807) is 41.0 Å². The molecule has 13 nitrogen and oxygen atoms in total. The van der Waals surface area contributed by atoms with Gasteiger partial charge in [0.1, 0.15) is 0 Å². The van der Waals surface area contributed by atoms with Crippen molar-refractivity contribution in [2.24, 2.45) is 11.8 Å². The van der Waals surface area contributed by atoms with Crippen LogP contribution in [0.5, 0.6) is 0 Å². The highest BCUT2D eigenvalue weighted by molar-refractivity contribution is 6.72. The third-order valence-electron chi connectivity index (χ3n) is 9.95. The van der Waals surface area contributed by atoms with Gasteiger partial charge in [0, 0.05) is 67.2 Å². The van der Waals surface area contributed by atoms with E-state index >= 15 is 4.11 Å². The average molecular weight is 680 g/mol. The second kappa shape index (κ2) is 13.5. The molecule has 2 fully saturated rings. The number of nitrogens with one attached hydrogen (secondary N) is 2. The normalized spacial score (nSPS) is 25.4. The van der Waals surface area contributed by atoms with Gasteiger partial charge in [0.25, 0.3) is 11.6 Å². The van der Waals surface area contributed by atoms with Crippen molar-refractivity contribution in [2.45, 2.75) is 76.0 Å². The zero-order valence-electron chi connectivity index (χ0n) is 27.4. The fourth-order valence-electron chi connectivity index (χ4n) is 7.76. The fraction of sp³-hybridized carbons (Fsp3) is 0.515. The standard InChI is InChI=1S/C33H42FN7O6Si/c1-21-30(48(2,3)34)29(11-14-39-20-25(12-15-42)37-38-39)47-33(21)27-17-26(41(45)46)9-10-28(27)40(32(33)44)19-22-6-4-8-24(16-22)36-31(43)23-7-5-13-35-18-23/h4,6,8-10,16-17,20-21,23,29-30,35,42H,5,7,11-15,18-19H2,1-3H3,(H,36,43)/t21-,23?,29+,30-,33+/m0/s1. The summed E-state index contributed by atoms with van der Waals surface area (Å²) in [7, 11) is -3.46. The molecule has 4 heterocycles. The van der Waals surface area contributed by atoms with E-state index in [1.807, 2.05) is 25.1 Å². The first-order valence-electron chi connectivity index (χ1n) is 16.5. The number of carbonyl (C=O) groups excluding carboxylic acids is 2. The Morgan fingerprint density at radius 1 is 1.29 bits per heavy atom. The minimum Gasteiger partial charge on any atom is -0.396 e. The van der Waals surface area contributed by atoms with Crippen LogP contribution in [0.1, 0.15) is 43.0 Å². The first-order valence-corrected chi connectivity index (χ1v) is 19.5. The maximum absolute atomic E-state index is 16.2. The number of ether oxygens (including phenoxy) is 1. The number of non-ortho nitro benzene ring substituents is 1. The van der Waals surface area contributed by atoms with Crippen LogP contribution in [0.2, 0.25) is 18.6 Å². The SMILES string of the molecule is C[C@H]1[C@H]([Si](C)(C)F)[C@@H](CCn2cc(CCO)nn2)O[C@]12C(=O)N(Cc1cccc(NC(=O)C3CCCNC3)c1)c1ccc([N+](=O)[O-])cc12. The number of hydrogen-bond acceptors (Lipinski definition) is 9. The number of carbonyl (C=O) groups is 2. The average Bonchev–Trinajstić information content (AvgIpc) is 3.70. The van der Waals surface area contributed by atoms with E-state index in [2.05, 4.69) is 20.9 Å². The molecule has 48 heavy (non-hydrogen) atoms. The van der Waals surface area contributed by atoms with Crippen LogP contribution >= 0.6 is 0 Å². The summed E-state index contributed by atoms with van der Waals surface area (Å²) in [4.78, 5) is 40.6. The zero-order valence-corrected chi connectivity index (χ0v) is 28.4. The molecular weight excluding hydrogens is 637 g/mol. The van der Waals surface area contributed by atoms with Crippen LogP contribution in [0.3, 0.4) is 0 Å². The number of rotatable bonds is 11. The quantitative estimate of drug-likeness (QED) is 0.117. The summed E-state index contributed by atoms with van der Waals surface area (Å²) in [6, 6.07) is 11.6. The number of benzene rings is 2. The molecule has 3 N–H and O–H groups in total. The molecule has 3 aromatic rings. The number of aryl methyl sites for hydroxylation is 1. The number of fused-ring (bicyclic) bond motifs is 2. The Morgan fingerprint density at radius 3 is 2.81 bits per heavy atom. The van der Waals surface area contributed by atoms with Gasteiger partial charge in [-0.15, -0.1) is 5.10 Å². The molecule has 6 rings (SSSR count). The summed E-state index contributed by atoms with van der Waals surface area (Å²) in [6.45, 7) is 6.96. The Balaban J connectivity index is 1.31. The van der Waals surface area contributed by atoms with Crippen molar-refractivity contribution < 1.29 is 28.5 Å². The fourth-order valence-corrected chi connectivity index (χ4v) is 10.3. The topological polar surface area (TPSA) is 165 Å². The number of nitrogens with zero attached hydrogens (tertiary/aromatic N) is 5.